The Bertz CT molecular complexity index is 988. The molecule has 26 heavy (non-hydrogen) atoms. The lowest BCUT2D eigenvalue weighted by Crippen LogP contribution is -2.23. The molecule has 1 fully saturated rings. The van der Waals surface area contributed by atoms with Crippen LogP contribution in [0.5, 0.6) is 0 Å². The lowest BCUT2D eigenvalue weighted by molar-refractivity contribution is 0.552. The van der Waals surface area contributed by atoms with Gasteiger partial charge in [-0.2, -0.15) is 0 Å². The second-order valence-corrected chi connectivity index (χ2v) is 8.16. The van der Waals surface area contributed by atoms with E-state index in [1.54, 1.807) is 5.57 Å². The molecule has 2 aliphatic carbocycles. The first-order chi connectivity index (χ1) is 12.7. The minimum Gasteiger partial charge on any atom is -0.103 e. The molecule has 0 spiro atoms. The predicted octanol–water partition coefficient (Wildman–Crippen LogP) is 6.91. The Morgan fingerprint density at radius 3 is 2.04 bits per heavy atom. The molecule has 0 bridgehead atoms. The summed E-state index contributed by atoms with van der Waals surface area (Å²) in [5, 5.41) is 0.681. The Morgan fingerprint density at radius 1 is 0.769 bits per heavy atom. The van der Waals surface area contributed by atoms with Crippen molar-refractivity contribution >= 4 is 23.2 Å². The number of alkyl halides is 1. The third kappa shape index (κ3) is 2.44. The number of rotatable bonds is 4. The molecule has 2 unspecified atom stereocenters. The standard InChI is InChI=1S/C24H18Cl2/c25-23-9-5-4-8-22(23)24(26,18-6-2-1-3-7-18)19-12-10-16(11-13-19)20-14-17-15-21(17)20/h1-13,15,17,20H,14H2/t17?,20-,24?/m1/s1. The first-order valence-electron chi connectivity index (χ1n) is 8.99. The summed E-state index contributed by atoms with van der Waals surface area (Å²) in [4.78, 5) is -0.806. The number of halogens is 2. The van der Waals surface area contributed by atoms with E-state index in [0.29, 0.717) is 10.9 Å². The van der Waals surface area contributed by atoms with Gasteiger partial charge in [-0.05, 0) is 35.1 Å². The minimum absolute atomic E-state index is 0.621. The third-order valence-electron chi connectivity index (χ3n) is 5.73. The van der Waals surface area contributed by atoms with Crippen LogP contribution in [-0.2, 0) is 4.87 Å². The molecule has 0 N–H and O–H groups in total. The van der Waals surface area contributed by atoms with Crippen LogP contribution in [0.2, 0.25) is 5.02 Å². The Labute approximate surface area is 164 Å². The van der Waals surface area contributed by atoms with Crippen LogP contribution in [0.25, 0.3) is 0 Å². The van der Waals surface area contributed by atoms with E-state index < -0.39 is 4.87 Å². The highest BCUT2D eigenvalue weighted by Crippen LogP contribution is 2.58. The molecule has 2 heteroatoms. The first kappa shape index (κ1) is 16.2. The summed E-state index contributed by atoms with van der Waals surface area (Å²) in [6.45, 7) is 0. The largest absolute Gasteiger partial charge is 0.121 e. The molecule has 0 heterocycles. The molecule has 0 aromatic heterocycles. The quantitative estimate of drug-likeness (QED) is 0.263. The molecule has 3 aromatic carbocycles. The van der Waals surface area contributed by atoms with Crippen LogP contribution in [0, 0.1) is 5.92 Å². The summed E-state index contributed by atoms with van der Waals surface area (Å²) in [5.74, 6) is 1.43. The Kier molecular flexibility index (Phi) is 3.74. The molecule has 0 nitrogen and oxygen atoms in total. The monoisotopic (exact) mass is 376 g/mol. The average Bonchev–Trinajstić information content (AvgIpc) is 3.32. The summed E-state index contributed by atoms with van der Waals surface area (Å²) in [6.07, 6.45) is 3.65. The van der Waals surface area contributed by atoms with Gasteiger partial charge in [-0.25, -0.2) is 0 Å². The lowest BCUT2D eigenvalue weighted by Gasteiger charge is -2.31. The van der Waals surface area contributed by atoms with Gasteiger partial charge in [0.05, 0.1) is 0 Å². The van der Waals surface area contributed by atoms with Gasteiger partial charge in [0.25, 0.3) is 0 Å². The van der Waals surface area contributed by atoms with Crippen LogP contribution in [0.1, 0.15) is 34.6 Å². The molecule has 0 aliphatic heterocycles. The van der Waals surface area contributed by atoms with Crippen molar-refractivity contribution in [1.29, 1.82) is 0 Å². The zero-order valence-electron chi connectivity index (χ0n) is 14.2. The fourth-order valence-electron chi connectivity index (χ4n) is 4.15. The number of hydrogen-bond acceptors (Lipinski definition) is 0. The van der Waals surface area contributed by atoms with Gasteiger partial charge in [-0.1, -0.05) is 96.0 Å². The zero-order chi connectivity index (χ0) is 17.7. The zero-order valence-corrected chi connectivity index (χ0v) is 15.7. The molecule has 0 saturated heterocycles. The maximum Gasteiger partial charge on any atom is 0.121 e. The highest BCUT2D eigenvalue weighted by Gasteiger charge is 2.44. The van der Waals surface area contributed by atoms with Crippen molar-refractivity contribution in [3.05, 3.63) is 118 Å². The smallest absolute Gasteiger partial charge is 0.103 e. The molecule has 0 radical (unpaired) electrons. The van der Waals surface area contributed by atoms with E-state index in [0.717, 1.165) is 22.6 Å². The highest BCUT2D eigenvalue weighted by atomic mass is 35.5. The Balaban J connectivity index is 1.62. The van der Waals surface area contributed by atoms with E-state index in [2.05, 4.69) is 42.5 Å². The van der Waals surface area contributed by atoms with Crippen molar-refractivity contribution in [3.63, 3.8) is 0 Å². The molecule has 128 valence electrons. The SMILES string of the molecule is Clc1ccccc1C(Cl)(c1ccccc1)c1ccc([C@H]2CC3C=C32)cc1. The molecule has 5 rings (SSSR count). The van der Waals surface area contributed by atoms with Crippen molar-refractivity contribution in [2.24, 2.45) is 5.92 Å². The highest BCUT2D eigenvalue weighted by molar-refractivity contribution is 6.34. The van der Waals surface area contributed by atoms with Gasteiger partial charge in [0.15, 0.2) is 0 Å². The predicted molar refractivity (Wildman–Crippen MR) is 109 cm³/mol. The maximum atomic E-state index is 7.34. The maximum absolute atomic E-state index is 7.34. The van der Waals surface area contributed by atoms with Gasteiger partial charge in [-0.3, -0.25) is 0 Å². The van der Waals surface area contributed by atoms with E-state index in [1.165, 1.54) is 12.0 Å². The van der Waals surface area contributed by atoms with Crippen LogP contribution < -0.4 is 0 Å². The van der Waals surface area contributed by atoms with E-state index in [9.17, 15) is 0 Å². The van der Waals surface area contributed by atoms with Crippen LogP contribution in [-0.4, -0.2) is 0 Å². The average molecular weight is 377 g/mol. The molecule has 2 aliphatic rings. The van der Waals surface area contributed by atoms with Crippen molar-refractivity contribution in [2.45, 2.75) is 17.2 Å². The van der Waals surface area contributed by atoms with Gasteiger partial charge < -0.3 is 0 Å². The van der Waals surface area contributed by atoms with E-state index in [1.807, 2.05) is 42.5 Å². The van der Waals surface area contributed by atoms with Crippen molar-refractivity contribution in [1.82, 2.24) is 0 Å². The topological polar surface area (TPSA) is 0 Å². The van der Waals surface area contributed by atoms with Gasteiger partial charge in [0.1, 0.15) is 4.87 Å². The third-order valence-corrected chi connectivity index (χ3v) is 6.70. The first-order valence-corrected chi connectivity index (χ1v) is 9.75. The summed E-state index contributed by atoms with van der Waals surface area (Å²) >= 11 is 13.9. The summed E-state index contributed by atoms with van der Waals surface area (Å²) < 4.78 is 0. The van der Waals surface area contributed by atoms with E-state index >= 15 is 0 Å². The van der Waals surface area contributed by atoms with Crippen LogP contribution in [0.3, 0.4) is 0 Å². The summed E-state index contributed by atoms with van der Waals surface area (Å²) in [6, 6.07) is 26.8. The van der Waals surface area contributed by atoms with Gasteiger partial charge in [0.2, 0.25) is 0 Å². The van der Waals surface area contributed by atoms with Gasteiger partial charge >= 0.3 is 0 Å². The van der Waals surface area contributed by atoms with Crippen molar-refractivity contribution in [3.8, 4) is 0 Å². The fraction of sp³-hybridized carbons (Fsp3) is 0.167. The number of hydrogen-bond donors (Lipinski definition) is 0. The van der Waals surface area contributed by atoms with Gasteiger partial charge in [-0.15, -0.1) is 11.6 Å². The molecule has 3 atom stereocenters. The second kappa shape index (κ2) is 6.01. The summed E-state index contributed by atoms with van der Waals surface area (Å²) in [7, 11) is 0. The van der Waals surface area contributed by atoms with E-state index in [-0.39, 0.29) is 0 Å². The molecule has 1 saturated carbocycles. The Hall–Kier alpha value is -2.02. The summed E-state index contributed by atoms with van der Waals surface area (Å²) in [5.41, 5.74) is 5.99. The van der Waals surface area contributed by atoms with Crippen LogP contribution in [0.4, 0.5) is 0 Å². The number of fused-ring (bicyclic) bond motifs is 1. The molecule has 3 aromatic rings. The van der Waals surface area contributed by atoms with Crippen LogP contribution >= 0.6 is 23.2 Å². The van der Waals surface area contributed by atoms with E-state index in [4.69, 9.17) is 23.2 Å². The lowest BCUT2D eigenvalue weighted by atomic mass is 9.78. The van der Waals surface area contributed by atoms with Crippen molar-refractivity contribution in [2.75, 3.05) is 0 Å². The molecular formula is C24H18Cl2. The van der Waals surface area contributed by atoms with Crippen LogP contribution in [0.15, 0.2) is 90.5 Å². The molecule has 0 amide bonds. The number of allylic oxidation sites excluding steroid dienone is 2. The van der Waals surface area contributed by atoms with Crippen molar-refractivity contribution < 1.29 is 0 Å². The Morgan fingerprint density at radius 2 is 1.42 bits per heavy atom. The fourth-order valence-corrected chi connectivity index (χ4v) is 4.89. The normalized spacial score (nSPS) is 22.6. The van der Waals surface area contributed by atoms with Gasteiger partial charge in [0, 0.05) is 16.5 Å². The molecular weight excluding hydrogens is 359 g/mol. The minimum atomic E-state index is -0.806. The number of benzene rings is 3. The second-order valence-electron chi connectivity index (χ2n) is 7.19.